The summed E-state index contributed by atoms with van der Waals surface area (Å²) in [5, 5.41) is 2.60. The molecule has 1 rings (SSSR count). The standard InChI is InChI=1S/C12H19N3O3S/c1-9(2)15-12(16)7-14-19(17,18)8-10-4-3-5-11(13)6-10/h3-6,9,14H,7-8,13H2,1-2H3,(H,15,16). The minimum atomic E-state index is -3.55. The first-order valence-corrected chi connectivity index (χ1v) is 7.55. The van der Waals surface area contributed by atoms with E-state index in [0.717, 1.165) is 0 Å². The van der Waals surface area contributed by atoms with Crippen LogP contribution in [0.4, 0.5) is 5.69 Å². The van der Waals surface area contributed by atoms with E-state index in [0.29, 0.717) is 11.3 Å². The number of sulfonamides is 1. The van der Waals surface area contributed by atoms with Crippen molar-refractivity contribution in [3.05, 3.63) is 29.8 Å². The number of amides is 1. The third-order valence-electron chi connectivity index (χ3n) is 2.21. The van der Waals surface area contributed by atoms with Gasteiger partial charge in [0.05, 0.1) is 12.3 Å². The van der Waals surface area contributed by atoms with Crippen molar-refractivity contribution in [2.45, 2.75) is 25.6 Å². The van der Waals surface area contributed by atoms with Gasteiger partial charge in [-0.15, -0.1) is 0 Å². The van der Waals surface area contributed by atoms with Crippen LogP contribution in [0.15, 0.2) is 24.3 Å². The number of rotatable bonds is 6. The van der Waals surface area contributed by atoms with Gasteiger partial charge in [0.15, 0.2) is 0 Å². The van der Waals surface area contributed by atoms with Gasteiger partial charge in [0.1, 0.15) is 0 Å². The molecule has 19 heavy (non-hydrogen) atoms. The van der Waals surface area contributed by atoms with Gasteiger partial charge in [-0.25, -0.2) is 13.1 Å². The Labute approximate surface area is 113 Å². The van der Waals surface area contributed by atoms with Gasteiger partial charge in [0.2, 0.25) is 15.9 Å². The van der Waals surface area contributed by atoms with Crippen LogP contribution in [0, 0.1) is 0 Å². The van der Waals surface area contributed by atoms with Crippen LogP contribution in [0.5, 0.6) is 0 Å². The third kappa shape index (κ3) is 6.21. The van der Waals surface area contributed by atoms with Crippen molar-refractivity contribution < 1.29 is 13.2 Å². The smallest absolute Gasteiger partial charge is 0.235 e. The summed E-state index contributed by atoms with van der Waals surface area (Å²) in [6.07, 6.45) is 0. The molecule has 0 aromatic heterocycles. The first-order chi connectivity index (χ1) is 8.78. The highest BCUT2D eigenvalue weighted by Crippen LogP contribution is 2.09. The zero-order chi connectivity index (χ0) is 14.5. The van der Waals surface area contributed by atoms with Gasteiger partial charge in [-0.3, -0.25) is 4.79 Å². The fraction of sp³-hybridized carbons (Fsp3) is 0.417. The molecule has 0 fully saturated rings. The highest BCUT2D eigenvalue weighted by Gasteiger charge is 2.13. The molecule has 0 atom stereocenters. The van der Waals surface area contributed by atoms with Crippen molar-refractivity contribution in [1.82, 2.24) is 10.0 Å². The second kappa shape index (κ2) is 6.53. The van der Waals surface area contributed by atoms with Gasteiger partial charge in [0, 0.05) is 11.7 Å². The van der Waals surface area contributed by atoms with Crippen LogP contribution >= 0.6 is 0 Å². The van der Waals surface area contributed by atoms with E-state index in [1.54, 1.807) is 38.1 Å². The lowest BCUT2D eigenvalue weighted by molar-refractivity contribution is -0.120. The van der Waals surface area contributed by atoms with Gasteiger partial charge < -0.3 is 11.1 Å². The molecule has 0 saturated heterocycles. The molecule has 0 radical (unpaired) electrons. The molecule has 0 aliphatic rings. The molecular weight excluding hydrogens is 266 g/mol. The molecule has 0 spiro atoms. The van der Waals surface area contributed by atoms with Crippen LogP contribution in [0.1, 0.15) is 19.4 Å². The summed E-state index contributed by atoms with van der Waals surface area (Å²) in [6, 6.07) is 6.61. The third-order valence-corrected chi connectivity index (χ3v) is 3.51. The highest BCUT2D eigenvalue weighted by molar-refractivity contribution is 7.88. The Morgan fingerprint density at radius 1 is 1.37 bits per heavy atom. The molecular formula is C12H19N3O3S. The molecule has 7 heteroatoms. The zero-order valence-electron chi connectivity index (χ0n) is 11.0. The quantitative estimate of drug-likeness (QED) is 0.650. The minimum Gasteiger partial charge on any atom is -0.399 e. The Kier molecular flexibility index (Phi) is 5.31. The number of carbonyl (C=O) groups is 1. The fourth-order valence-corrected chi connectivity index (χ4v) is 2.57. The summed E-state index contributed by atoms with van der Waals surface area (Å²) in [5.41, 5.74) is 6.66. The van der Waals surface area contributed by atoms with Gasteiger partial charge in [-0.2, -0.15) is 0 Å². The van der Waals surface area contributed by atoms with Crippen LogP contribution < -0.4 is 15.8 Å². The molecule has 0 heterocycles. The highest BCUT2D eigenvalue weighted by atomic mass is 32.2. The number of anilines is 1. The SMILES string of the molecule is CC(C)NC(=O)CNS(=O)(=O)Cc1cccc(N)c1. The average molecular weight is 285 g/mol. The monoisotopic (exact) mass is 285 g/mol. The van der Waals surface area contributed by atoms with Gasteiger partial charge >= 0.3 is 0 Å². The second-order valence-electron chi connectivity index (χ2n) is 4.55. The Hall–Kier alpha value is -1.60. The minimum absolute atomic E-state index is 0.0223. The van der Waals surface area contributed by atoms with Crippen molar-refractivity contribution >= 4 is 21.6 Å². The lowest BCUT2D eigenvalue weighted by atomic mass is 10.2. The summed E-state index contributed by atoms with van der Waals surface area (Å²) in [5.74, 6) is -0.557. The molecule has 1 aromatic rings. The Balaban J connectivity index is 2.55. The number of nitrogens with one attached hydrogen (secondary N) is 2. The van der Waals surface area contributed by atoms with E-state index in [9.17, 15) is 13.2 Å². The summed E-state index contributed by atoms with van der Waals surface area (Å²) in [6.45, 7) is 3.35. The van der Waals surface area contributed by atoms with Crippen molar-refractivity contribution in [1.29, 1.82) is 0 Å². The van der Waals surface area contributed by atoms with E-state index in [1.165, 1.54) is 0 Å². The van der Waals surface area contributed by atoms with Crippen molar-refractivity contribution in [2.24, 2.45) is 0 Å². The molecule has 1 amide bonds. The van der Waals surface area contributed by atoms with E-state index in [4.69, 9.17) is 5.73 Å². The fourth-order valence-electron chi connectivity index (χ4n) is 1.50. The summed E-state index contributed by atoms with van der Waals surface area (Å²) in [7, 11) is -3.55. The summed E-state index contributed by atoms with van der Waals surface area (Å²) < 4.78 is 25.8. The predicted octanol–water partition coefficient (Wildman–Crippen LogP) is 0.213. The van der Waals surface area contributed by atoms with E-state index < -0.39 is 10.0 Å². The van der Waals surface area contributed by atoms with Crippen molar-refractivity contribution in [3.8, 4) is 0 Å². The van der Waals surface area contributed by atoms with Gasteiger partial charge in [-0.05, 0) is 31.5 Å². The number of carbonyl (C=O) groups excluding carboxylic acids is 1. The molecule has 106 valence electrons. The average Bonchev–Trinajstić information content (AvgIpc) is 2.25. The number of nitrogen functional groups attached to an aromatic ring is 1. The first kappa shape index (κ1) is 15.5. The van der Waals surface area contributed by atoms with E-state index in [1.807, 2.05) is 0 Å². The second-order valence-corrected chi connectivity index (χ2v) is 6.35. The van der Waals surface area contributed by atoms with Crippen LogP contribution in [0.3, 0.4) is 0 Å². The lowest BCUT2D eigenvalue weighted by Gasteiger charge is -2.10. The maximum atomic E-state index is 11.8. The molecule has 0 unspecified atom stereocenters. The molecule has 6 nitrogen and oxygen atoms in total. The summed E-state index contributed by atoms with van der Waals surface area (Å²) in [4.78, 5) is 11.3. The van der Waals surface area contributed by atoms with Crippen LogP contribution in [0.2, 0.25) is 0 Å². The molecule has 0 saturated carbocycles. The van der Waals surface area contributed by atoms with Crippen molar-refractivity contribution in [2.75, 3.05) is 12.3 Å². The lowest BCUT2D eigenvalue weighted by Crippen LogP contribution is -2.40. The molecule has 0 aliphatic carbocycles. The van der Waals surface area contributed by atoms with Crippen LogP contribution in [0.25, 0.3) is 0 Å². The Morgan fingerprint density at radius 2 is 2.05 bits per heavy atom. The first-order valence-electron chi connectivity index (χ1n) is 5.89. The Bertz CT molecular complexity index is 541. The topological polar surface area (TPSA) is 101 Å². The number of nitrogens with two attached hydrogens (primary N) is 1. The predicted molar refractivity (Wildman–Crippen MR) is 74.8 cm³/mol. The Morgan fingerprint density at radius 3 is 2.63 bits per heavy atom. The number of hydrogen-bond donors (Lipinski definition) is 3. The summed E-state index contributed by atoms with van der Waals surface area (Å²) >= 11 is 0. The number of hydrogen-bond acceptors (Lipinski definition) is 4. The van der Waals surface area contributed by atoms with E-state index in [-0.39, 0.29) is 24.2 Å². The number of benzene rings is 1. The maximum absolute atomic E-state index is 11.8. The maximum Gasteiger partial charge on any atom is 0.235 e. The molecule has 1 aromatic carbocycles. The van der Waals surface area contributed by atoms with Crippen LogP contribution in [-0.4, -0.2) is 26.9 Å². The van der Waals surface area contributed by atoms with Crippen molar-refractivity contribution in [3.63, 3.8) is 0 Å². The molecule has 0 bridgehead atoms. The van der Waals surface area contributed by atoms with Crippen LogP contribution in [-0.2, 0) is 20.6 Å². The molecule has 0 aliphatic heterocycles. The van der Waals surface area contributed by atoms with Gasteiger partial charge in [0.25, 0.3) is 0 Å². The normalized spacial score (nSPS) is 11.5. The van der Waals surface area contributed by atoms with Gasteiger partial charge in [-0.1, -0.05) is 12.1 Å². The zero-order valence-corrected chi connectivity index (χ0v) is 11.8. The van der Waals surface area contributed by atoms with E-state index in [2.05, 4.69) is 10.0 Å². The largest absolute Gasteiger partial charge is 0.399 e. The molecule has 4 N–H and O–H groups in total. The van der Waals surface area contributed by atoms with E-state index >= 15 is 0 Å².